The first-order valence-corrected chi connectivity index (χ1v) is 16.0. The maximum atomic E-state index is 3.74. The molecular weight excluding hydrogens is 555 g/mol. The maximum Gasteiger partial charge on any atom is 0.0726 e. The number of fused-ring (bicyclic) bond motifs is 13. The van der Waals surface area contributed by atoms with Crippen LogP contribution in [0.1, 0.15) is 22.3 Å². The number of hydrogen-bond acceptors (Lipinski definition) is 1. The monoisotopic (exact) mass is 583 g/mol. The van der Waals surface area contributed by atoms with Crippen LogP contribution in [-0.4, -0.2) is 0 Å². The van der Waals surface area contributed by atoms with E-state index in [1.165, 1.54) is 77.2 Å². The van der Waals surface area contributed by atoms with E-state index in [1.54, 1.807) is 0 Å². The molecule has 8 aromatic carbocycles. The van der Waals surface area contributed by atoms with E-state index in [0.29, 0.717) is 0 Å². The van der Waals surface area contributed by atoms with Crippen LogP contribution in [-0.2, 0) is 5.41 Å². The maximum absolute atomic E-state index is 3.74. The molecule has 0 heterocycles. The normalized spacial score (nSPS) is 13.4. The number of anilines is 2. The highest BCUT2D eigenvalue weighted by Gasteiger charge is 2.51. The molecule has 0 aliphatic heterocycles. The molecule has 1 heteroatoms. The highest BCUT2D eigenvalue weighted by molar-refractivity contribution is 6.08. The smallest absolute Gasteiger partial charge is 0.0726 e. The number of nitrogens with one attached hydrogen (secondary N) is 1. The van der Waals surface area contributed by atoms with Crippen molar-refractivity contribution in [2.45, 2.75) is 5.41 Å². The van der Waals surface area contributed by atoms with Crippen LogP contribution in [0.4, 0.5) is 11.4 Å². The number of benzene rings is 8. The lowest BCUT2D eigenvalue weighted by atomic mass is 9.70. The predicted molar refractivity (Wildman–Crippen MR) is 193 cm³/mol. The predicted octanol–water partition coefficient (Wildman–Crippen LogP) is 11.7. The summed E-state index contributed by atoms with van der Waals surface area (Å²) in [6, 6.07) is 62.5. The Bertz CT molecular complexity index is 2440. The Labute approximate surface area is 268 Å². The molecule has 0 atom stereocenters. The zero-order valence-electron chi connectivity index (χ0n) is 25.2. The summed E-state index contributed by atoms with van der Waals surface area (Å²) in [4.78, 5) is 0. The third-order valence-electron chi connectivity index (χ3n) is 10.2. The van der Waals surface area contributed by atoms with Gasteiger partial charge >= 0.3 is 0 Å². The van der Waals surface area contributed by atoms with Gasteiger partial charge in [0.25, 0.3) is 0 Å². The molecule has 1 N–H and O–H groups in total. The Morgan fingerprint density at radius 1 is 0.326 bits per heavy atom. The van der Waals surface area contributed by atoms with Crippen molar-refractivity contribution < 1.29 is 0 Å². The molecule has 46 heavy (non-hydrogen) atoms. The number of hydrogen-bond donors (Lipinski definition) is 1. The summed E-state index contributed by atoms with van der Waals surface area (Å²) in [6.07, 6.45) is 0. The molecule has 0 amide bonds. The quantitative estimate of drug-likeness (QED) is 0.204. The Hall–Kier alpha value is -5.92. The van der Waals surface area contributed by atoms with E-state index in [1.807, 2.05) is 0 Å². The summed E-state index contributed by atoms with van der Waals surface area (Å²) in [6.45, 7) is 0. The second-order valence-corrected chi connectivity index (χ2v) is 12.6. The Kier molecular flexibility index (Phi) is 5.27. The van der Waals surface area contributed by atoms with Gasteiger partial charge in [-0.05, 0) is 108 Å². The summed E-state index contributed by atoms with van der Waals surface area (Å²) < 4.78 is 0. The van der Waals surface area contributed by atoms with Crippen LogP contribution in [0, 0.1) is 0 Å². The first-order valence-electron chi connectivity index (χ1n) is 16.0. The van der Waals surface area contributed by atoms with Crippen LogP contribution in [0.5, 0.6) is 0 Å². The van der Waals surface area contributed by atoms with Crippen molar-refractivity contribution in [1.29, 1.82) is 0 Å². The lowest BCUT2D eigenvalue weighted by Crippen LogP contribution is -2.25. The standard InChI is InChI=1S/C45H29N/c1-2-10-35-30(9-1)17-18-32-27-31(21-25-36(32)35)29-19-22-33(23-20-29)46-34-24-26-40-39-13-5-8-16-43(39)45(44(40)28-34)41-14-6-3-11-37(41)38-12-4-7-15-42(38)45/h1-28,46H. The van der Waals surface area contributed by atoms with E-state index in [2.05, 4.69) is 175 Å². The van der Waals surface area contributed by atoms with Gasteiger partial charge in [-0.15, -0.1) is 0 Å². The average molecular weight is 584 g/mol. The fourth-order valence-electron chi connectivity index (χ4n) is 8.28. The van der Waals surface area contributed by atoms with Gasteiger partial charge in [-0.1, -0.05) is 140 Å². The Morgan fingerprint density at radius 2 is 0.848 bits per heavy atom. The van der Waals surface area contributed by atoms with E-state index in [0.717, 1.165) is 11.4 Å². The van der Waals surface area contributed by atoms with Gasteiger partial charge in [0.15, 0.2) is 0 Å². The van der Waals surface area contributed by atoms with Crippen molar-refractivity contribution in [2.24, 2.45) is 0 Å². The van der Waals surface area contributed by atoms with E-state index in [-0.39, 0.29) is 5.41 Å². The summed E-state index contributed by atoms with van der Waals surface area (Å²) in [5.74, 6) is 0. The molecule has 0 aromatic heterocycles. The fraction of sp³-hybridized carbons (Fsp3) is 0.0222. The molecule has 214 valence electrons. The molecular formula is C45H29N. The third kappa shape index (κ3) is 3.46. The first-order chi connectivity index (χ1) is 22.8. The van der Waals surface area contributed by atoms with E-state index in [4.69, 9.17) is 0 Å². The number of rotatable bonds is 3. The van der Waals surface area contributed by atoms with Crippen LogP contribution in [0.2, 0.25) is 0 Å². The average Bonchev–Trinajstić information content (AvgIpc) is 3.59. The van der Waals surface area contributed by atoms with Gasteiger partial charge < -0.3 is 5.32 Å². The summed E-state index contributed by atoms with van der Waals surface area (Å²) >= 11 is 0. The zero-order chi connectivity index (χ0) is 30.2. The lowest BCUT2D eigenvalue weighted by Gasteiger charge is -2.30. The molecule has 1 nitrogen and oxygen atoms in total. The minimum absolute atomic E-state index is 0.331. The van der Waals surface area contributed by atoms with Crippen molar-refractivity contribution in [2.75, 3.05) is 5.32 Å². The van der Waals surface area contributed by atoms with Crippen molar-refractivity contribution in [3.05, 3.63) is 192 Å². The second kappa shape index (κ2) is 9.54. The molecule has 2 aliphatic rings. The van der Waals surface area contributed by atoms with Gasteiger partial charge in [-0.2, -0.15) is 0 Å². The molecule has 0 fully saturated rings. The molecule has 1 spiro atoms. The SMILES string of the molecule is c1ccc2c(c1)-c1ccccc1C21c2ccccc2-c2ccc(Nc3ccc(-c4ccc5c(ccc6ccccc65)c4)cc3)cc21. The van der Waals surface area contributed by atoms with Gasteiger partial charge in [-0.25, -0.2) is 0 Å². The van der Waals surface area contributed by atoms with E-state index >= 15 is 0 Å². The largest absolute Gasteiger partial charge is 0.356 e. The highest BCUT2D eigenvalue weighted by Crippen LogP contribution is 2.62. The van der Waals surface area contributed by atoms with Crippen LogP contribution < -0.4 is 5.32 Å². The van der Waals surface area contributed by atoms with Crippen molar-refractivity contribution in [3.63, 3.8) is 0 Å². The minimum Gasteiger partial charge on any atom is -0.356 e. The van der Waals surface area contributed by atoms with Gasteiger partial charge in [0, 0.05) is 11.4 Å². The Morgan fingerprint density at radius 3 is 1.54 bits per heavy atom. The van der Waals surface area contributed by atoms with Gasteiger partial charge in [0.2, 0.25) is 0 Å². The summed E-state index contributed by atoms with van der Waals surface area (Å²) in [5, 5.41) is 8.88. The highest BCUT2D eigenvalue weighted by atomic mass is 14.9. The lowest BCUT2D eigenvalue weighted by molar-refractivity contribution is 0.794. The van der Waals surface area contributed by atoms with Crippen LogP contribution in [0.3, 0.4) is 0 Å². The molecule has 8 aromatic rings. The van der Waals surface area contributed by atoms with E-state index in [9.17, 15) is 0 Å². The Balaban J connectivity index is 1.04. The van der Waals surface area contributed by atoms with Crippen LogP contribution in [0.25, 0.3) is 54.9 Å². The van der Waals surface area contributed by atoms with Crippen molar-refractivity contribution in [3.8, 4) is 33.4 Å². The summed E-state index contributed by atoms with van der Waals surface area (Å²) in [5.41, 5.74) is 15.0. The molecule has 10 rings (SSSR count). The molecule has 0 bridgehead atoms. The third-order valence-corrected chi connectivity index (χ3v) is 10.2. The topological polar surface area (TPSA) is 12.0 Å². The van der Waals surface area contributed by atoms with Crippen LogP contribution in [0.15, 0.2) is 170 Å². The van der Waals surface area contributed by atoms with Crippen molar-refractivity contribution >= 4 is 32.9 Å². The minimum atomic E-state index is -0.331. The van der Waals surface area contributed by atoms with Gasteiger partial charge in [-0.3, -0.25) is 0 Å². The van der Waals surface area contributed by atoms with E-state index < -0.39 is 0 Å². The van der Waals surface area contributed by atoms with Crippen molar-refractivity contribution in [1.82, 2.24) is 0 Å². The fourth-order valence-corrected chi connectivity index (χ4v) is 8.28. The van der Waals surface area contributed by atoms with Gasteiger partial charge in [0.05, 0.1) is 5.41 Å². The zero-order valence-corrected chi connectivity index (χ0v) is 25.2. The van der Waals surface area contributed by atoms with Crippen LogP contribution >= 0.6 is 0 Å². The molecule has 2 aliphatic carbocycles. The second-order valence-electron chi connectivity index (χ2n) is 12.6. The molecule has 0 saturated carbocycles. The molecule has 0 saturated heterocycles. The van der Waals surface area contributed by atoms with Gasteiger partial charge in [0.1, 0.15) is 0 Å². The first kappa shape index (κ1) is 25.4. The summed E-state index contributed by atoms with van der Waals surface area (Å²) in [7, 11) is 0. The molecule has 0 radical (unpaired) electrons. The molecule has 0 unspecified atom stereocenters.